The molecule has 11 heteroatoms. The topological polar surface area (TPSA) is 99.6 Å². The quantitative estimate of drug-likeness (QED) is 0.117. The van der Waals surface area contributed by atoms with Crippen LogP contribution in [0.5, 0.6) is 5.75 Å². The first-order chi connectivity index (χ1) is 18.8. The number of fused-ring (bicyclic) bond motifs is 1. The fraction of sp³-hybridized carbons (Fsp3) is 0.250. The van der Waals surface area contributed by atoms with Crippen LogP contribution < -0.4 is 10.3 Å². The van der Waals surface area contributed by atoms with Crippen molar-refractivity contribution in [2.45, 2.75) is 44.6 Å². The number of halogens is 3. The van der Waals surface area contributed by atoms with Crippen LogP contribution in [0, 0.1) is 15.9 Å². The van der Waals surface area contributed by atoms with Gasteiger partial charge in [0.05, 0.1) is 26.5 Å². The molecule has 1 aliphatic rings. The second-order valence-electron chi connectivity index (χ2n) is 9.32. The molecule has 4 aromatic rings. The number of rotatable bonds is 7. The van der Waals surface area contributed by atoms with Crippen LogP contribution in [-0.2, 0) is 6.61 Å². The Kier molecular flexibility index (Phi) is 8.18. The molecule has 1 heterocycles. The van der Waals surface area contributed by atoms with Crippen molar-refractivity contribution < 1.29 is 14.1 Å². The summed E-state index contributed by atoms with van der Waals surface area (Å²) in [4.78, 5) is 29.7. The molecule has 0 radical (unpaired) electrons. The molecule has 0 amide bonds. The smallest absolute Gasteiger partial charge is 0.312 e. The zero-order chi connectivity index (χ0) is 27.5. The molecule has 0 spiro atoms. The van der Waals surface area contributed by atoms with Crippen molar-refractivity contribution >= 4 is 54.7 Å². The summed E-state index contributed by atoms with van der Waals surface area (Å²) in [6, 6.07) is 14.3. The van der Waals surface area contributed by atoms with Crippen molar-refractivity contribution in [1.82, 2.24) is 9.66 Å². The number of ether oxygens (including phenoxy) is 1. The normalized spacial score (nSPS) is 14.2. The molecule has 0 bridgehead atoms. The first-order valence-electron chi connectivity index (χ1n) is 12.4. The predicted octanol–water partition coefficient (Wildman–Crippen LogP) is 7.48. The Morgan fingerprint density at radius 2 is 1.90 bits per heavy atom. The third-order valence-electron chi connectivity index (χ3n) is 6.70. The van der Waals surface area contributed by atoms with E-state index in [-0.39, 0.29) is 35.1 Å². The van der Waals surface area contributed by atoms with Crippen molar-refractivity contribution in [2.24, 2.45) is 5.10 Å². The van der Waals surface area contributed by atoms with Gasteiger partial charge in [0, 0.05) is 27.6 Å². The molecule has 0 atom stereocenters. The first kappa shape index (κ1) is 27.1. The molecule has 1 fully saturated rings. The Bertz CT molecular complexity index is 1650. The Labute approximate surface area is 239 Å². The van der Waals surface area contributed by atoms with Gasteiger partial charge in [-0.05, 0) is 59.1 Å². The van der Waals surface area contributed by atoms with Crippen LogP contribution in [0.2, 0.25) is 0 Å². The van der Waals surface area contributed by atoms with E-state index in [0.29, 0.717) is 26.8 Å². The molecule has 5 rings (SSSR count). The van der Waals surface area contributed by atoms with E-state index in [0.717, 1.165) is 36.6 Å². The molecule has 0 N–H and O–H groups in total. The molecule has 39 heavy (non-hydrogen) atoms. The van der Waals surface area contributed by atoms with Crippen LogP contribution in [0.4, 0.5) is 10.1 Å². The van der Waals surface area contributed by atoms with Crippen molar-refractivity contribution in [2.75, 3.05) is 0 Å². The number of nitrogens with zero attached hydrogens (tertiary/aromatic N) is 4. The average Bonchev–Trinajstić information content (AvgIpc) is 2.93. The van der Waals surface area contributed by atoms with E-state index in [1.54, 1.807) is 30.3 Å². The summed E-state index contributed by atoms with van der Waals surface area (Å²) in [5.74, 6) is 0.184. The number of nitro groups is 1. The first-order valence-corrected chi connectivity index (χ1v) is 14.0. The highest BCUT2D eigenvalue weighted by Crippen LogP contribution is 2.37. The van der Waals surface area contributed by atoms with Crippen LogP contribution in [0.15, 0.2) is 73.4 Å². The Morgan fingerprint density at radius 3 is 2.64 bits per heavy atom. The van der Waals surface area contributed by atoms with Crippen LogP contribution >= 0.6 is 31.9 Å². The maximum Gasteiger partial charge on any atom is 0.312 e. The molecule has 200 valence electrons. The van der Waals surface area contributed by atoms with Gasteiger partial charge in [0.2, 0.25) is 5.75 Å². The lowest BCUT2D eigenvalue weighted by molar-refractivity contribution is -0.386. The molecule has 0 aliphatic heterocycles. The minimum atomic E-state index is -0.576. The zero-order valence-corrected chi connectivity index (χ0v) is 23.8. The van der Waals surface area contributed by atoms with Crippen molar-refractivity contribution in [3.8, 4) is 5.75 Å². The number of hydrogen-bond donors (Lipinski definition) is 0. The summed E-state index contributed by atoms with van der Waals surface area (Å²) in [6.45, 7) is -0.183. The molecule has 3 aromatic carbocycles. The highest BCUT2D eigenvalue weighted by molar-refractivity contribution is 9.10. The summed E-state index contributed by atoms with van der Waals surface area (Å²) in [5.41, 5.74) is 0.626. The van der Waals surface area contributed by atoms with Crippen molar-refractivity contribution in [3.63, 3.8) is 0 Å². The van der Waals surface area contributed by atoms with E-state index in [1.807, 2.05) is 12.1 Å². The average molecular weight is 658 g/mol. The van der Waals surface area contributed by atoms with Crippen molar-refractivity contribution in [1.29, 1.82) is 0 Å². The predicted molar refractivity (Wildman–Crippen MR) is 154 cm³/mol. The van der Waals surface area contributed by atoms with Gasteiger partial charge in [-0.2, -0.15) is 9.78 Å². The lowest BCUT2D eigenvalue weighted by atomic mass is 9.88. The molecule has 1 aliphatic carbocycles. The van der Waals surface area contributed by atoms with Gasteiger partial charge in [-0.15, -0.1) is 0 Å². The Hall–Kier alpha value is -3.44. The van der Waals surface area contributed by atoms with E-state index < -0.39 is 10.7 Å². The van der Waals surface area contributed by atoms with Gasteiger partial charge in [-0.1, -0.05) is 53.4 Å². The van der Waals surface area contributed by atoms with Gasteiger partial charge >= 0.3 is 5.69 Å². The SMILES string of the molecule is O=c1c2cc(Br)ccc2nc(C2CCCCC2)n1N=Cc1cc(Br)c(OCc2ccccc2F)c([N+](=O)[O-])c1. The maximum absolute atomic E-state index is 14.0. The van der Waals surface area contributed by atoms with Gasteiger partial charge in [0.1, 0.15) is 18.2 Å². The van der Waals surface area contributed by atoms with E-state index in [4.69, 9.17) is 9.72 Å². The van der Waals surface area contributed by atoms with Gasteiger partial charge in [0.15, 0.2) is 0 Å². The van der Waals surface area contributed by atoms with Crippen LogP contribution in [-0.4, -0.2) is 20.8 Å². The summed E-state index contributed by atoms with van der Waals surface area (Å²) in [7, 11) is 0. The van der Waals surface area contributed by atoms with Gasteiger partial charge in [0.25, 0.3) is 5.56 Å². The van der Waals surface area contributed by atoms with E-state index in [2.05, 4.69) is 37.0 Å². The molecular formula is C28H23Br2FN4O4. The van der Waals surface area contributed by atoms with E-state index in [9.17, 15) is 19.3 Å². The van der Waals surface area contributed by atoms with Crippen molar-refractivity contribution in [3.05, 3.63) is 107 Å². The molecule has 1 aromatic heterocycles. The third-order valence-corrected chi connectivity index (χ3v) is 7.78. The van der Waals surface area contributed by atoms with E-state index >= 15 is 0 Å². The number of hydrogen-bond acceptors (Lipinski definition) is 6. The van der Waals surface area contributed by atoms with Gasteiger partial charge in [-0.25, -0.2) is 9.37 Å². The summed E-state index contributed by atoms with van der Waals surface area (Å²) >= 11 is 6.76. The standard InChI is InChI=1S/C28H23Br2FN4O4/c29-20-10-11-24-21(14-20)28(36)34(27(33-24)18-6-2-1-3-7-18)32-15-17-12-22(30)26(25(13-17)35(37)38)39-16-19-8-4-5-9-23(19)31/h4-5,8-15,18H,1-3,6-7,16H2. The minimum absolute atomic E-state index is 0.0299. The summed E-state index contributed by atoms with van der Waals surface area (Å²) in [6.07, 6.45) is 6.47. The lowest BCUT2D eigenvalue weighted by Crippen LogP contribution is -2.25. The third kappa shape index (κ3) is 5.94. The lowest BCUT2D eigenvalue weighted by Gasteiger charge is -2.22. The molecule has 0 unspecified atom stereocenters. The largest absolute Gasteiger partial charge is 0.481 e. The van der Waals surface area contributed by atoms with Crippen LogP contribution in [0.3, 0.4) is 0 Å². The molecule has 8 nitrogen and oxygen atoms in total. The molecule has 1 saturated carbocycles. The van der Waals surface area contributed by atoms with Gasteiger partial charge < -0.3 is 4.74 Å². The summed E-state index contributed by atoms with van der Waals surface area (Å²) < 4.78 is 22.0. The highest BCUT2D eigenvalue weighted by atomic mass is 79.9. The minimum Gasteiger partial charge on any atom is -0.481 e. The van der Waals surface area contributed by atoms with Crippen LogP contribution in [0.25, 0.3) is 10.9 Å². The summed E-state index contributed by atoms with van der Waals surface area (Å²) in [5, 5.41) is 16.8. The number of nitro benzene ring substituents is 1. The second kappa shape index (κ2) is 11.7. The van der Waals surface area contributed by atoms with E-state index in [1.165, 1.54) is 23.0 Å². The van der Waals surface area contributed by atoms with Gasteiger partial charge in [-0.3, -0.25) is 14.9 Å². The maximum atomic E-state index is 14.0. The Balaban J connectivity index is 1.53. The fourth-order valence-electron chi connectivity index (χ4n) is 4.74. The second-order valence-corrected chi connectivity index (χ2v) is 11.1. The molecule has 0 saturated heterocycles. The number of benzene rings is 3. The van der Waals surface area contributed by atoms with Crippen LogP contribution in [0.1, 0.15) is 55.0 Å². The fourth-order valence-corrected chi connectivity index (χ4v) is 5.69. The zero-order valence-electron chi connectivity index (χ0n) is 20.6. The monoisotopic (exact) mass is 656 g/mol. The highest BCUT2D eigenvalue weighted by Gasteiger charge is 2.24. The molecular weight excluding hydrogens is 635 g/mol. The Morgan fingerprint density at radius 1 is 1.13 bits per heavy atom. The number of aromatic nitrogens is 2.